The van der Waals surface area contributed by atoms with Crippen molar-refractivity contribution in [2.24, 2.45) is 5.73 Å². The summed E-state index contributed by atoms with van der Waals surface area (Å²) >= 11 is 0. The van der Waals surface area contributed by atoms with Gasteiger partial charge in [0.25, 0.3) is 0 Å². The Morgan fingerprint density at radius 3 is 2.65 bits per heavy atom. The van der Waals surface area contributed by atoms with Crippen molar-refractivity contribution in [3.05, 3.63) is 55.0 Å². The van der Waals surface area contributed by atoms with E-state index < -0.39 is 6.03 Å². The second-order valence-corrected chi connectivity index (χ2v) is 4.51. The highest BCUT2D eigenvalue weighted by atomic mass is 16.5. The summed E-state index contributed by atoms with van der Waals surface area (Å²) < 4.78 is 6.75. The highest BCUT2D eigenvalue weighted by Gasteiger charge is 2.25. The summed E-state index contributed by atoms with van der Waals surface area (Å²) in [6.07, 6.45) is 2.88. The Bertz CT molecular complexity index is 818. The molecule has 0 aliphatic rings. The lowest BCUT2D eigenvalue weighted by Crippen LogP contribution is -2.34. The molecule has 2 N–H and O–H groups in total. The largest absolute Gasteiger partial charge is 0.493 e. The van der Waals surface area contributed by atoms with E-state index in [4.69, 9.17) is 10.5 Å². The summed E-state index contributed by atoms with van der Waals surface area (Å²) in [5, 5.41) is 4.16. The number of nitrogens with zero attached hydrogens (tertiary/aromatic N) is 5. The van der Waals surface area contributed by atoms with Gasteiger partial charge in [-0.05, 0) is 24.3 Å². The number of nitrogens with two attached hydrogens (primary N) is 1. The van der Waals surface area contributed by atoms with Gasteiger partial charge in [-0.3, -0.25) is 0 Å². The quantitative estimate of drug-likeness (QED) is 0.793. The third kappa shape index (κ3) is 2.69. The van der Waals surface area contributed by atoms with E-state index >= 15 is 0 Å². The van der Waals surface area contributed by atoms with Crippen LogP contribution < -0.4 is 15.4 Å². The maximum Gasteiger partial charge on any atom is 0.327 e. The minimum Gasteiger partial charge on any atom is -0.493 e. The average molecular weight is 310 g/mol. The van der Waals surface area contributed by atoms with Gasteiger partial charge in [-0.25, -0.2) is 14.7 Å². The number of hydrogen-bond donors (Lipinski definition) is 1. The lowest BCUT2D eigenvalue weighted by Gasteiger charge is -2.20. The van der Waals surface area contributed by atoms with Gasteiger partial charge in [0.15, 0.2) is 11.6 Å². The molecule has 0 spiro atoms. The van der Waals surface area contributed by atoms with E-state index in [1.165, 1.54) is 24.3 Å². The van der Waals surface area contributed by atoms with Gasteiger partial charge in [0.2, 0.25) is 5.95 Å². The van der Waals surface area contributed by atoms with E-state index in [0.29, 0.717) is 5.75 Å². The molecule has 2 amide bonds. The normalized spacial score (nSPS) is 10.3. The predicted octanol–water partition coefficient (Wildman–Crippen LogP) is 1.89. The Hall–Kier alpha value is -3.42. The maximum atomic E-state index is 12.0. The molecule has 8 heteroatoms. The second kappa shape index (κ2) is 6.14. The fourth-order valence-electron chi connectivity index (χ4n) is 2.15. The van der Waals surface area contributed by atoms with Crippen molar-refractivity contribution < 1.29 is 9.53 Å². The molecule has 2 heterocycles. The molecule has 3 aromatic rings. The highest BCUT2D eigenvalue weighted by molar-refractivity contribution is 5.97. The zero-order chi connectivity index (χ0) is 16.2. The van der Waals surface area contributed by atoms with Gasteiger partial charge in [-0.15, -0.1) is 0 Å². The van der Waals surface area contributed by atoms with Crippen LogP contribution in [0.3, 0.4) is 0 Å². The number of carbonyl (C=O) groups is 1. The van der Waals surface area contributed by atoms with Crippen LogP contribution in [0.2, 0.25) is 0 Å². The first-order chi connectivity index (χ1) is 11.2. The molecule has 1 aromatic carbocycles. The number of hydrogen-bond acceptors (Lipinski definition) is 5. The molecule has 0 radical (unpaired) electrons. The number of aromatic nitrogens is 4. The molecule has 116 valence electrons. The summed E-state index contributed by atoms with van der Waals surface area (Å²) in [7, 11) is 1.49. The molecule has 2 aromatic heterocycles. The third-order valence-corrected chi connectivity index (χ3v) is 3.13. The molecule has 0 unspecified atom stereocenters. The number of para-hydroxylation sites is 1. The summed E-state index contributed by atoms with van der Waals surface area (Å²) in [5.74, 6) is 0.863. The van der Waals surface area contributed by atoms with Crippen LogP contribution in [0.15, 0.2) is 55.0 Å². The van der Waals surface area contributed by atoms with Crippen molar-refractivity contribution in [1.29, 1.82) is 0 Å². The molecule has 8 nitrogen and oxygen atoms in total. The van der Waals surface area contributed by atoms with Crippen LogP contribution in [0.1, 0.15) is 0 Å². The molecule has 0 saturated carbocycles. The zero-order valence-electron chi connectivity index (χ0n) is 12.3. The summed E-state index contributed by atoms with van der Waals surface area (Å²) in [6, 6.07) is 11.9. The monoisotopic (exact) mass is 310 g/mol. The molecule has 0 aliphatic carbocycles. The summed E-state index contributed by atoms with van der Waals surface area (Å²) in [6.45, 7) is 0. The van der Waals surface area contributed by atoms with Crippen molar-refractivity contribution >= 4 is 17.8 Å². The molecule has 3 rings (SSSR count). The average Bonchev–Trinajstić information content (AvgIpc) is 3.05. The van der Waals surface area contributed by atoms with Gasteiger partial charge in [-0.1, -0.05) is 18.2 Å². The van der Waals surface area contributed by atoms with Crippen LogP contribution in [0.25, 0.3) is 5.69 Å². The minimum atomic E-state index is -0.743. The van der Waals surface area contributed by atoms with Crippen LogP contribution in [0, 0.1) is 0 Å². The standard InChI is InChI=1S/C15H14N6O2/c1-23-12-8-5-9-17-13(12)20(14(16)22)15-18-10-19-21(15)11-6-3-2-4-7-11/h2-10H,1H3,(H2,16,22). The van der Waals surface area contributed by atoms with E-state index in [1.54, 1.807) is 12.1 Å². The fourth-order valence-corrected chi connectivity index (χ4v) is 2.15. The van der Waals surface area contributed by atoms with Crippen molar-refractivity contribution in [2.45, 2.75) is 0 Å². The number of primary amides is 1. The van der Waals surface area contributed by atoms with Gasteiger partial charge in [0.1, 0.15) is 6.33 Å². The topological polar surface area (TPSA) is 99.2 Å². The van der Waals surface area contributed by atoms with E-state index in [2.05, 4.69) is 15.1 Å². The number of urea groups is 1. The number of ether oxygens (including phenoxy) is 1. The van der Waals surface area contributed by atoms with E-state index in [-0.39, 0.29) is 11.8 Å². The molecule has 0 atom stereocenters. The van der Waals surface area contributed by atoms with E-state index in [9.17, 15) is 4.79 Å². The maximum absolute atomic E-state index is 12.0. The number of rotatable bonds is 4. The number of anilines is 2. The van der Waals surface area contributed by atoms with E-state index in [0.717, 1.165) is 10.6 Å². The number of carbonyl (C=O) groups excluding carboxylic acids is 1. The van der Waals surface area contributed by atoms with Gasteiger partial charge < -0.3 is 10.5 Å². The Labute approximate surface area is 132 Å². The fraction of sp³-hybridized carbons (Fsp3) is 0.0667. The van der Waals surface area contributed by atoms with Crippen LogP contribution in [0.5, 0.6) is 5.75 Å². The number of pyridine rings is 1. The van der Waals surface area contributed by atoms with Crippen molar-refractivity contribution in [3.63, 3.8) is 0 Å². The first kappa shape index (κ1) is 14.5. The number of amides is 2. The Morgan fingerprint density at radius 1 is 1.17 bits per heavy atom. The van der Waals surface area contributed by atoms with Gasteiger partial charge in [0.05, 0.1) is 12.8 Å². The van der Waals surface area contributed by atoms with Crippen LogP contribution >= 0.6 is 0 Å². The Morgan fingerprint density at radius 2 is 1.96 bits per heavy atom. The van der Waals surface area contributed by atoms with Gasteiger partial charge in [0, 0.05) is 6.20 Å². The lowest BCUT2D eigenvalue weighted by molar-refractivity contribution is 0.255. The van der Waals surface area contributed by atoms with Crippen LogP contribution in [0.4, 0.5) is 16.6 Å². The molecular formula is C15H14N6O2. The Balaban J connectivity index is 2.15. The van der Waals surface area contributed by atoms with Crippen LogP contribution in [-0.2, 0) is 0 Å². The zero-order valence-corrected chi connectivity index (χ0v) is 12.3. The first-order valence-corrected chi connectivity index (χ1v) is 6.76. The lowest BCUT2D eigenvalue weighted by atomic mass is 10.3. The first-order valence-electron chi connectivity index (χ1n) is 6.76. The summed E-state index contributed by atoms with van der Waals surface area (Å²) in [4.78, 5) is 21.5. The molecule has 0 bridgehead atoms. The molecule has 0 aliphatic heterocycles. The summed E-state index contributed by atoms with van der Waals surface area (Å²) in [5.41, 5.74) is 6.28. The van der Waals surface area contributed by atoms with Crippen LogP contribution in [-0.4, -0.2) is 32.9 Å². The molecule has 23 heavy (non-hydrogen) atoms. The third-order valence-electron chi connectivity index (χ3n) is 3.13. The van der Waals surface area contributed by atoms with Crippen molar-refractivity contribution in [2.75, 3.05) is 12.0 Å². The molecule has 0 saturated heterocycles. The highest BCUT2D eigenvalue weighted by Crippen LogP contribution is 2.30. The second-order valence-electron chi connectivity index (χ2n) is 4.51. The van der Waals surface area contributed by atoms with E-state index in [1.807, 2.05) is 30.3 Å². The number of benzene rings is 1. The van der Waals surface area contributed by atoms with Gasteiger partial charge >= 0.3 is 6.03 Å². The number of methoxy groups -OCH3 is 1. The van der Waals surface area contributed by atoms with Gasteiger partial charge in [-0.2, -0.15) is 14.8 Å². The molecular weight excluding hydrogens is 296 g/mol. The van der Waals surface area contributed by atoms with Crippen molar-refractivity contribution in [1.82, 2.24) is 19.7 Å². The smallest absolute Gasteiger partial charge is 0.327 e. The van der Waals surface area contributed by atoms with Crippen molar-refractivity contribution in [3.8, 4) is 11.4 Å². The Kier molecular flexibility index (Phi) is 3.88. The minimum absolute atomic E-state index is 0.223. The predicted molar refractivity (Wildman–Crippen MR) is 83.9 cm³/mol. The SMILES string of the molecule is COc1cccnc1N(C(N)=O)c1ncnn1-c1ccccc1. The molecule has 0 fully saturated rings.